The Kier molecular flexibility index (Phi) is 14.6. The number of halogens is 20. The van der Waals surface area contributed by atoms with Gasteiger partial charge in [-0.3, -0.25) is 4.79 Å². The fourth-order valence-electron chi connectivity index (χ4n) is 7.15. The van der Waals surface area contributed by atoms with E-state index in [2.05, 4.69) is 4.98 Å². The molecule has 71 heavy (non-hydrogen) atoms. The average molecular weight is 1020 g/mol. The summed E-state index contributed by atoms with van der Waals surface area (Å²) in [5.74, 6) is -71.8. The number of carbonyl (C=O) groups is 2. The molecule has 0 bridgehead atoms. The quantitative estimate of drug-likeness (QED) is 0.0213. The standard InChI is InChI=1S/C24BF20.C20H14N3O3/c26-5-1(6(27)14(35)21(42)13(5)34)25(2-7(28)15(36)22(43)16(37)8(2)29,3-9(30)17(38)23(44)18(39)10(3)31)4-11(32)19(40)24(45)20(41)12(4)33;21-12-15-6-8-17(9-7-15)26-20(25)18-13-23(11-10-22-18)14-19(24)16-4-2-1-3-5-16/h;1-11,13H,14H2/q-1;+1. The van der Waals surface area contributed by atoms with E-state index in [1.165, 1.54) is 24.5 Å². The van der Waals surface area contributed by atoms with Crippen molar-refractivity contribution in [1.29, 1.82) is 5.26 Å². The number of rotatable bonds is 9. The van der Waals surface area contributed by atoms with Gasteiger partial charge in [0.05, 0.1) is 17.8 Å². The molecule has 0 saturated carbocycles. The first-order valence-corrected chi connectivity index (χ1v) is 18.7. The van der Waals surface area contributed by atoms with E-state index >= 15 is 35.1 Å². The molecular weight excluding hydrogens is 1010 g/mol. The summed E-state index contributed by atoms with van der Waals surface area (Å²) >= 11 is 0. The Bertz CT molecular complexity index is 2990. The number of hydrogen-bond acceptors (Lipinski definition) is 5. The van der Waals surface area contributed by atoms with E-state index in [9.17, 15) is 62.3 Å². The van der Waals surface area contributed by atoms with Crippen LogP contribution in [-0.4, -0.2) is 22.9 Å². The van der Waals surface area contributed by atoms with E-state index in [4.69, 9.17) is 10.00 Å². The third-order valence-electron chi connectivity index (χ3n) is 10.3. The van der Waals surface area contributed by atoms with Gasteiger partial charge in [-0.05, 0) is 24.3 Å². The second kappa shape index (κ2) is 20.0. The van der Waals surface area contributed by atoms with Gasteiger partial charge in [-0.1, -0.05) is 30.3 Å². The second-order valence-corrected chi connectivity index (χ2v) is 14.2. The number of nitriles is 1. The Morgan fingerprint density at radius 3 is 1.13 bits per heavy atom. The lowest BCUT2D eigenvalue weighted by molar-refractivity contribution is -0.683. The Balaban J connectivity index is 0.000000268. The molecule has 7 rings (SSSR count). The van der Waals surface area contributed by atoms with Crippen molar-refractivity contribution in [3.05, 3.63) is 206 Å². The fraction of sp³-hybridized carbons (Fsp3) is 0.0227. The molecule has 0 aliphatic heterocycles. The molecule has 6 nitrogen and oxygen atoms in total. The van der Waals surface area contributed by atoms with Crippen LogP contribution in [0.15, 0.2) is 73.2 Å². The molecule has 7 aromatic rings. The van der Waals surface area contributed by atoms with Crippen LogP contribution in [0, 0.1) is 128 Å². The smallest absolute Gasteiger partial charge is 0.368 e. The number of aromatic nitrogens is 2. The first-order chi connectivity index (χ1) is 33.4. The third-order valence-corrected chi connectivity index (χ3v) is 10.3. The zero-order chi connectivity index (χ0) is 52.7. The number of Topliss-reactive ketones (excluding diaryl/α,β-unsaturated/α-hetero) is 1. The van der Waals surface area contributed by atoms with Crippen molar-refractivity contribution in [2.24, 2.45) is 0 Å². The summed E-state index contributed by atoms with van der Waals surface area (Å²) in [5.41, 5.74) is -13.2. The number of ketones is 1. The average Bonchev–Trinajstić information content (AvgIpc) is 3.37. The number of nitrogens with zero attached hydrogens (tertiary/aromatic N) is 3. The molecule has 0 aliphatic rings. The highest BCUT2D eigenvalue weighted by Crippen LogP contribution is 2.31. The molecule has 6 aromatic carbocycles. The number of hydrogen-bond donors (Lipinski definition) is 0. The van der Waals surface area contributed by atoms with E-state index in [1.54, 1.807) is 47.2 Å². The lowest BCUT2D eigenvalue weighted by atomic mass is 9.12. The maximum Gasteiger partial charge on any atom is 0.368 e. The third kappa shape index (κ3) is 8.84. The van der Waals surface area contributed by atoms with Gasteiger partial charge in [0.2, 0.25) is 24.2 Å². The van der Waals surface area contributed by atoms with Crippen LogP contribution in [0.4, 0.5) is 87.8 Å². The summed E-state index contributed by atoms with van der Waals surface area (Å²) in [5, 5.41) is 8.78. The molecular formula is C44H14BF20N3O3. The minimum absolute atomic E-state index is 0.0757. The van der Waals surface area contributed by atoms with Crippen molar-refractivity contribution in [2.45, 2.75) is 6.54 Å². The number of esters is 1. The van der Waals surface area contributed by atoms with Gasteiger partial charge in [0.1, 0.15) is 58.4 Å². The van der Waals surface area contributed by atoms with Crippen molar-refractivity contribution in [3.63, 3.8) is 0 Å². The van der Waals surface area contributed by atoms with E-state index in [1.807, 2.05) is 12.1 Å². The van der Waals surface area contributed by atoms with Crippen LogP contribution in [0.3, 0.4) is 0 Å². The van der Waals surface area contributed by atoms with E-state index in [0.29, 0.717) is 16.9 Å². The van der Waals surface area contributed by atoms with E-state index < -0.39 is 150 Å². The highest BCUT2D eigenvalue weighted by Gasteiger charge is 2.52. The van der Waals surface area contributed by atoms with Gasteiger partial charge in [0.25, 0.3) is 0 Å². The molecule has 0 spiro atoms. The van der Waals surface area contributed by atoms with Crippen molar-refractivity contribution < 1.29 is 107 Å². The van der Waals surface area contributed by atoms with Gasteiger partial charge in [-0.25, -0.2) is 97.6 Å². The molecule has 0 N–H and O–H groups in total. The van der Waals surface area contributed by atoms with Gasteiger partial charge in [0.15, 0.2) is 76.0 Å². The lowest BCUT2D eigenvalue weighted by Crippen LogP contribution is -2.81. The Hall–Kier alpha value is -8.31. The molecule has 0 unspecified atom stereocenters. The van der Waals surface area contributed by atoms with Gasteiger partial charge < -0.3 is 4.74 Å². The first-order valence-electron chi connectivity index (χ1n) is 18.7. The molecule has 366 valence electrons. The van der Waals surface area contributed by atoms with Crippen LogP contribution in [0.2, 0.25) is 0 Å². The molecule has 0 amide bonds. The van der Waals surface area contributed by atoms with Crippen molar-refractivity contribution in [1.82, 2.24) is 4.98 Å². The highest BCUT2D eigenvalue weighted by atomic mass is 19.2. The Labute approximate surface area is 381 Å². The zero-order valence-corrected chi connectivity index (χ0v) is 33.8. The largest absolute Gasteiger partial charge is 0.422 e. The normalized spacial score (nSPS) is 11.3. The van der Waals surface area contributed by atoms with E-state index in [-0.39, 0.29) is 18.0 Å². The van der Waals surface area contributed by atoms with Crippen LogP contribution in [0.5, 0.6) is 5.75 Å². The van der Waals surface area contributed by atoms with Crippen molar-refractivity contribution in [2.75, 3.05) is 0 Å². The number of benzene rings is 6. The van der Waals surface area contributed by atoms with Crippen molar-refractivity contribution in [3.8, 4) is 11.8 Å². The van der Waals surface area contributed by atoms with Crippen LogP contribution in [-0.2, 0) is 6.54 Å². The van der Waals surface area contributed by atoms with Gasteiger partial charge in [-0.2, -0.15) is 9.83 Å². The Morgan fingerprint density at radius 2 is 0.803 bits per heavy atom. The summed E-state index contributed by atoms with van der Waals surface area (Å²) < 4.78 is 301. The lowest BCUT2D eigenvalue weighted by Gasteiger charge is -2.44. The van der Waals surface area contributed by atoms with Gasteiger partial charge in [-0.15, -0.1) is 21.9 Å². The summed E-state index contributed by atoms with van der Waals surface area (Å²) in [6.07, 6.45) is -2.70. The van der Waals surface area contributed by atoms with Crippen molar-refractivity contribution >= 4 is 39.7 Å². The van der Waals surface area contributed by atoms with Crippen LogP contribution >= 0.6 is 0 Å². The molecule has 0 radical (unpaired) electrons. The summed E-state index contributed by atoms with van der Waals surface area (Å²) in [4.78, 5) is 28.5. The molecule has 27 heteroatoms. The molecule has 0 fully saturated rings. The second-order valence-electron chi connectivity index (χ2n) is 14.2. The van der Waals surface area contributed by atoms with Crippen LogP contribution in [0.1, 0.15) is 26.4 Å². The van der Waals surface area contributed by atoms with Crippen LogP contribution < -0.4 is 31.2 Å². The molecule has 1 heterocycles. The molecule has 0 aliphatic carbocycles. The molecule has 0 atom stereocenters. The topological polar surface area (TPSA) is 83.9 Å². The summed E-state index contributed by atoms with van der Waals surface area (Å²) in [6.45, 7) is 0.0870. The zero-order valence-electron chi connectivity index (χ0n) is 33.8. The minimum Gasteiger partial charge on any atom is -0.422 e. The highest BCUT2D eigenvalue weighted by molar-refractivity contribution is 7.20. The number of ether oxygens (including phenoxy) is 1. The predicted molar refractivity (Wildman–Crippen MR) is 201 cm³/mol. The summed E-state index contributed by atoms with van der Waals surface area (Å²) in [6, 6.07) is 17.1. The van der Waals surface area contributed by atoms with Gasteiger partial charge >= 0.3 is 5.97 Å². The van der Waals surface area contributed by atoms with Gasteiger partial charge in [0, 0.05) is 5.56 Å². The maximum atomic E-state index is 15.4. The predicted octanol–water partition coefficient (Wildman–Crippen LogP) is 8.19. The van der Waals surface area contributed by atoms with Crippen LogP contribution in [0.25, 0.3) is 0 Å². The molecule has 1 aromatic heterocycles. The monoisotopic (exact) mass is 1020 g/mol. The molecule has 0 saturated heterocycles. The Morgan fingerprint density at radius 1 is 0.479 bits per heavy atom. The summed E-state index contributed by atoms with van der Waals surface area (Å²) in [7, 11) is 0. The van der Waals surface area contributed by atoms with E-state index in [0.717, 1.165) is 0 Å². The number of carbonyl (C=O) groups excluding carboxylic acids is 2. The minimum atomic E-state index is -7.22. The fourth-order valence-corrected chi connectivity index (χ4v) is 7.15. The SMILES string of the molecule is Fc1c(F)c(F)c([B-](c2c(F)c(F)c(F)c(F)c2F)(c2c(F)c(F)c(F)c(F)c2F)c2c(F)c(F)c(F)c(F)c2F)c(F)c1F.N#Cc1ccc(OC(=O)c2c[n+](CC(=O)c3ccccc3)ccn2)cc1. The first kappa shape index (κ1) is 52.1. The maximum absolute atomic E-state index is 15.4.